The van der Waals surface area contributed by atoms with Crippen LogP contribution in [0.3, 0.4) is 0 Å². The number of anilines is 1. The molecule has 6 nitrogen and oxygen atoms in total. The maximum Gasteiger partial charge on any atom is 0.264 e. The molecule has 0 radical (unpaired) electrons. The summed E-state index contributed by atoms with van der Waals surface area (Å²) in [5.74, 6) is -0.634. The van der Waals surface area contributed by atoms with Gasteiger partial charge in [-0.15, -0.1) is 0 Å². The molecule has 0 saturated heterocycles. The molecule has 4 rings (SSSR count). The van der Waals surface area contributed by atoms with E-state index in [0.29, 0.717) is 28.3 Å². The lowest BCUT2D eigenvalue weighted by atomic mass is 9.88. The van der Waals surface area contributed by atoms with E-state index in [1.807, 2.05) is 0 Å². The number of carbonyl (C=O) groups excluding carboxylic acids is 2. The number of carbonyl (C=O) groups is 2. The Hall–Kier alpha value is -3.71. The van der Waals surface area contributed by atoms with E-state index < -0.39 is 29.5 Å². The van der Waals surface area contributed by atoms with Crippen LogP contribution in [-0.2, 0) is 16.9 Å². The highest BCUT2D eigenvalue weighted by atomic mass is 19.1. The van der Waals surface area contributed by atoms with Crippen molar-refractivity contribution in [3.63, 3.8) is 0 Å². The quantitative estimate of drug-likeness (QED) is 0.571. The number of nitrogens with zero attached hydrogens (tertiary/aromatic N) is 1. The number of benzene rings is 3. The number of rotatable bonds is 7. The molecule has 164 valence electrons. The molecule has 0 bridgehead atoms. The van der Waals surface area contributed by atoms with E-state index in [1.165, 1.54) is 37.3 Å². The molecule has 7 heteroatoms. The Balaban J connectivity index is 1.66. The van der Waals surface area contributed by atoms with Crippen LogP contribution in [0.15, 0.2) is 66.7 Å². The van der Waals surface area contributed by atoms with Crippen molar-refractivity contribution in [2.75, 3.05) is 19.1 Å². The zero-order valence-corrected chi connectivity index (χ0v) is 17.7. The SMILES string of the molecule is COc1ccc(C(=O)C[C@@]2(O)C(=O)N(Cc3cccc(F)c3)c3ccccc32)cc1OC. The Morgan fingerprint density at radius 3 is 2.47 bits per heavy atom. The first-order valence-corrected chi connectivity index (χ1v) is 10.0. The highest BCUT2D eigenvalue weighted by Gasteiger charge is 2.50. The highest BCUT2D eigenvalue weighted by Crippen LogP contribution is 2.43. The predicted octanol–water partition coefficient (Wildman–Crippen LogP) is 3.85. The number of hydrogen-bond acceptors (Lipinski definition) is 5. The molecule has 0 unspecified atom stereocenters. The van der Waals surface area contributed by atoms with Crippen molar-refractivity contribution in [2.24, 2.45) is 0 Å². The van der Waals surface area contributed by atoms with Crippen molar-refractivity contribution in [1.82, 2.24) is 0 Å². The van der Waals surface area contributed by atoms with Crippen molar-refractivity contribution >= 4 is 17.4 Å². The second-order valence-electron chi connectivity index (χ2n) is 7.57. The fraction of sp³-hybridized carbons (Fsp3) is 0.200. The normalized spacial score (nSPS) is 17.2. The number of halogens is 1. The monoisotopic (exact) mass is 435 g/mol. The van der Waals surface area contributed by atoms with Gasteiger partial charge in [0.1, 0.15) is 5.82 Å². The molecule has 3 aromatic carbocycles. The smallest absolute Gasteiger partial charge is 0.264 e. The fourth-order valence-electron chi connectivity index (χ4n) is 4.00. The molecule has 32 heavy (non-hydrogen) atoms. The van der Waals surface area contributed by atoms with Crippen molar-refractivity contribution in [3.05, 3.63) is 89.2 Å². The van der Waals surface area contributed by atoms with Crippen molar-refractivity contribution in [1.29, 1.82) is 0 Å². The van der Waals surface area contributed by atoms with Gasteiger partial charge >= 0.3 is 0 Å². The number of ether oxygens (including phenoxy) is 2. The lowest BCUT2D eigenvalue weighted by Gasteiger charge is -2.23. The van der Waals surface area contributed by atoms with Crippen molar-refractivity contribution < 1.29 is 28.6 Å². The van der Waals surface area contributed by atoms with Crippen LogP contribution in [0.5, 0.6) is 11.5 Å². The van der Waals surface area contributed by atoms with Gasteiger partial charge in [0.15, 0.2) is 22.9 Å². The van der Waals surface area contributed by atoms with Gasteiger partial charge in [0.25, 0.3) is 5.91 Å². The molecule has 3 aromatic rings. The Morgan fingerprint density at radius 2 is 1.75 bits per heavy atom. The van der Waals surface area contributed by atoms with Crippen LogP contribution in [-0.4, -0.2) is 31.0 Å². The summed E-state index contributed by atoms with van der Waals surface area (Å²) in [7, 11) is 2.95. The van der Waals surface area contributed by atoms with E-state index in [9.17, 15) is 19.1 Å². The van der Waals surface area contributed by atoms with Crippen LogP contribution in [0, 0.1) is 5.82 Å². The summed E-state index contributed by atoms with van der Waals surface area (Å²) in [6.07, 6.45) is -0.446. The van der Waals surface area contributed by atoms with E-state index in [1.54, 1.807) is 48.5 Å². The second-order valence-corrected chi connectivity index (χ2v) is 7.57. The van der Waals surface area contributed by atoms with Gasteiger partial charge in [-0.05, 0) is 42.0 Å². The van der Waals surface area contributed by atoms with Gasteiger partial charge in [-0.25, -0.2) is 4.39 Å². The van der Waals surface area contributed by atoms with Crippen LogP contribution in [0.4, 0.5) is 10.1 Å². The third-order valence-corrected chi connectivity index (χ3v) is 5.59. The van der Waals surface area contributed by atoms with Gasteiger partial charge < -0.3 is 19.5 Å². The summed E-state index contributed by atoms with van der Waals surface area (Å²) in [4.78, 5) is 27.8. The van der Waals surface area contributed by atoms with E-state index in [4.69, 9.17) is 9.47 Å². The van der Waals surface area contributed by atoms with Crippen LogP contribution in [0.25, 0.3) is 0 Å². The van der Waals surface area contributed by atoms with Crippen molar-refractivity contribution in [2.45, 2.75) is 18.6 Å². The number of fused-ring (bicyclic) bond motifs is 1. The molecule has 0 aliphatic carbocycles. The number of aliphatic hydroxyl groups is 1. The molecule has 1 amide bonds. The lowest BCUT2D eigenvalue weighted by molar-refractivity contribution is -0.136. The second kappa shape index (κ2) is 8.43. The van der Waals surface area contributed by atoms with E-state index in [-0.39, 0.29) is 12.1 Å². The van der Waals surface area contributed by atoms with E-state index >= 15 is 0 Å². The van der Waals surface area contributed by atoms with Gasteiger partial charge in [0.2, 0.25) is 0 Å². The molecular formula is C25H22FNO5. The summed E-state index contributed by atoms with van der Waals surface area (Å²) < 4.78 is 24.1. The van der Waals surface area contributed by atoms with Gasteiger partial charge in [-0.3, -0.25) is 9.59 Å². The molecule has 0 aromatic heterocycles. The Morgan fingerprint density at radius 1 is 1.00 bits per heavy atom. The average Bonchev–Trinajstić information content (AvgIpc) is 3.00. The first kappa shape index (κ1) is 21.5. The largest absolute Gasteiger partial charge is 0.493 e. The van der Waals surface area contributed by atoms with Crippen LogP contribution < -0.4 is 14.4 Å². The molecule has 1 aliphatic heterocycles. The van der Waals surface area contributed by atoms with Crippen LogP contribution in [0.1, 0.15) is 27.9 Å². The van der Waals surface area contributed by atoms with E-state index in [2.05, 4.69) is 0 Å². The standard InChI is InChI=1S/C25H22FNO5/c1-31-22-11-10-17(13-23(22)32-2)21(28)14-25(30)19-8-3-4-9-20(19)27(24(25)29)15-16-6-5-7-18(26)12-16/h3-13,30H,14-15H2,1-2H3/t25-/m0/s1. The topological polar surface area (TPSA) is 76.1 Å². The van der Waals surface area contributed by atoms with Gasteiger partial charge in [0, 0.05) is 11.1 Å². The summed E-state index contributed by atoms with van der Waals surface area (Å²) >= 11 is 0. The zero-order valence-electron chi connectivity index (χ0n) is 17.7. The Labute approximate surface area is 184 Å². The number of methoxy groups -OCH3 is 2. The molecule has 0 spiro atoms. The minimum atomic E-state index is -2.03. The number of para-hydroxylation sites is 1. The maximum atomic E-state index is 13.6. The summed E-state index contributed by atoms with van der Waals surface area (Å²) in [5, 5.41) is 11.4. The maximum absolute atomic E-state index is 13.6. The molecule has 1 N–H and O–H groups in total. The van der Waals surface area contributed by atoms with Gasteiger partial charge in [-0.2, -0.15) is 0 Å². The van der Waals surface area contributed by atoms with Crippen LogP contribution >= 0.6 is 0 Å². The third kappa shape index (κ3) is 3.71. The minimum Gasteiger partial charge on any atom is -0.493 e. The van der Waals surface area contributed by atoms with Gasteiger partial charge in [0.05, 0.1) is 32.9 Å². The molecule has 1 heterocycles. The zero-order chi connectivity index (χ0) is 22.9. The molecule has 0 saturated carbocycles. The minimum absolute atomic E-state index is 0.0699. The predicted molar refractivity (Wildman–Crippen MR) is 116 cm³/mol. The first-order valence-electron chi connectivity index (χ1n) is 10.0. The average molecular weight is 435 g/mol. The Bertz CT molecular complexity index is 1190. The third-order valence-electron chi connectivity index (χ3n) is 5.59. The lowest BCUT2D eigenvalue weighted by Crippen LogP contribution is -2.41. The number of ketones is 1. The number of hydrogen-bond donors (Lipinski definition) is 1. The molecule has 1 atom stereocenters. The molecular weight excluding hydrogens is 413 g/mol. The number of Topliss-reactive ketones (excluding diaryl/α,β-unsaturated/α-hetero) is 1. The van der Waals surface area contributed by atoms with E-state index in [0.717, 1.165) is 0 Å². The fourth-order valence-corrected chi connectivity index (χ4v) is 4.00. The summed E-state index contributed by atoms with van der Waals surface area (Å²) in [6.45, 7) is 0.0699. The Kier molecular flexibility index (Phi) is 5.67. The van der Waals surface area contributed by atoms with Gasteiger partial charge in [-0.1, -0.05) is 30.3 Å². The first-order chi connectivity index (χ1) is 15.4. The van der Waals surface area contributed by atoms with Crippen molar-refractivity contribution in [3.8, 4) is 11.5 Å². The molecule has 0 fully saturated rings. The molecule has 1 aliphatic rings. The summed E-state index contributed by atoms with van der Waals surface area (Å²) in [5.41, 5.74) is -0.345. The number of amides is 1. The van der Waals surface area contributed by atoms with Crippen LogP contribution in [0.2, 0.25) is 0 Å². The highest BCUT2D eigenvalue weighted by molar-refractivity contribution is 6.10. The summed E-state index contributed by atoms with van der Waals surface area (Å²) in [6, 6.07) is 17.3.